The van der Waals surface area contributed by atoms with E-state index in [9.17, 15) is 4.79 Å². The summed E-state index contributed by atoms with van der Waals surface area (Å²) < 4.78 is 5.78. The molecule has 1 unspecified atom stereocenters. The Morgan fingerprint density at radius 2 is 2.14 bits per heavy atom. The Labute approximate surface area is 127 Å². The minimum Gasteiger partial charge on any atom is -0.491 e. The van der Waals surface area contributed by atoms with Gasteiger partial charge in [0.25, 0.3) is 0 Å². The first-order chi connectivity index (χ1) is 10.1. The lowest BCUT2D eigenvalue weighted by Crippen LogP contribution is -2.40. The van der Waals surface area contributed by atoms with Crippen molar-refractivity contribution < 1.29 is 9.53 Å². The fraction of sp³-hybridized carbons (Fsp3) is 0.588. The van der Waals surface area contributed by atoms with E-state index < -0.39 is 0 Å². The van der Waals surface area contributed by atoms with E-state index in [1.54, 1.807) is 0 Å². The molecule has 0 bridgehead atoms. The minimum absolute atomic E-state index is 0.0115. The molecule has 1 saturated heterocycles. The summed E-state index contributed by atoms with van der Waals surface area (Å²) in [5.74, 6) is 1.52. The number of ether oxygens (including phenoxy) is 1. The summed E-state index contributed by atoms with van der Waals surface area (Å²) in [6, 6.07) is 7.60. The van der Waals surface area contributed by atoms with Gasteiger partial charge in [0.15, 0.2) is 0 Å². The van der Waals surface area contributed by atoms with Crippen molar-refractivity contribution in [1.82, 2.24) is 4.90 Å². The smallest absolute Gasteiger partial charge is 0.321 e. The number of benzene rings is 1. The van der Waals surface area contributed by atoms with Gasteiger partial charge in [-0.05, 0) is 44.2 Å². The SMILES string of the molecule is CCC(C)Oc1cccc(NC(=O)N2CCC(C)CC2)c1. The van der Waals surface area contributed by atoms with Crippen molar-refractivity contribution in [3.05, 3.63) is 24.3 Å². The van der Waals surface area contributed by atoms with Crippen molar-refractivity contribution in [3.8, 4) is 5.75 Å². The van der Waals surface area contributed by atoms with Crippen LogP contribution in [0.4, 0.5) is 10.5 Å². The van der Waals surface area contributed by atoms with Crippen LogP contribution in [0.15, 0.2) is 24.3 Å². The zero-order valence-electron chi connectivity index (χ0n) is 13.3. The van der Waals surface area contributed by atoms with Gasteiger partial charge in [-0.25, -0.2) is 4.79 Å². The number of likely N-dealkylation sites (tertiary alicyclic amines) is 1. The molecule has 2 rings (SSSR count). The largest absolute Gasteiger partial charge is 0.491 e. The van der Waals surface area contributed by atoms with Crippen LogP contribution >= 0.6 is 0 Å². The molecule has 0 aliphatic carbocycles. The van der Waals surface area contributed by atoms with Gasteiger partial charge < -0.3 is 15.0 Å². The predicted octanol–water partition coefficient (Wildman–Crippen LogP) is 4.13. The number of rotatable bonds is 4. The Morgan fingerprint density at radius 1 is 1.43 bits per heavy atom. The minimum atomic E-state index is -0.0115. The van der Waals surface area contributed by atoms with Crippen LogP contribution in [0.25, 0.3) is 0 Å². The molecule has 1 aromatic rings. The summed E-state index contributed by atoms with van der Waals surface area (Å²) in [7, 11) is 0. The molecule has 2 amide bonds. The van der Waals surface area contributed by atoms with Gasteiger partial charge in [-0.3, -0.25) is 0 Å². The molecule has 1 aliphatic rings. The summed E-state index contributed by atoms with van der Waals surface area (Å²) in [5, 5.41) is 2.97. The number of anilines is 1. The third-order valence-electron chi connectivity index (χ3n) is 4.07. The van der Waals surface area contributed by atoms with Crippen molar-refractivity contribution in [3.63, 3.8) is 0 Å². The molecule has 1 fully saturated rings. The number of nitrogens with zero attached hydrogens (tertiary/aromatic N) is 1. The molecular weight excluding hydrogens is 264 g/mol. The highest BCUT2D eigenvalue weighted by molar-refractivity contribution is 5.89. The van der Waals surface area contributed by atoms with Crippen molar-refractivity contribution in [2.45, 2.75) is 46.1 Å². The number of urea groups is 1. The van der Waals surface area contributed by atoms with Crippen LogP contribution in [-0.4, -0.2) is 30.1 Å². The van der Waals surface area contributed by atoms with Gasteiger partial charge in [0.05, 0.1) is 6.10 Å². The van der Waals surface area contributed by atoms with E-state index in [0.29, 0.717) is 0 Å². The molecule has 1 N–H and O–H groups in total. The second-order valence-corrected chi connectivity index (χ2v) is 5.96. The number of hydrogen-bond acceptors (Lipinski definition) is 2. The summed E-state index contributed by atoms with van der Waals surface area (Å²) >= 11 is 0. The highest BCUT2D eigenvalue weighted by Gasteiger charge is 2.20. The molecule has 1 atom stereocenters. The second-order valence-electron chi connectivity index (χ2n) is 5.96. The molecule has 0 saturated carbocycles. The Hall–Kier alpha value is -1.71. The van der Waals surface area contributed by atoms with E-state index >= 15 is 0 Å². The second kappa shape index (κ2) is 7.34. The zero-order chi connectivity index (χ0) is 15.2. The molecule has 4 nitrogen and oxygen atoms in total. The van der Waals surface area contributed by atoms with E-state index in [1.165, 1.54) is 0 Å². The van der Waals surface area contributed by atoms with Gasteiger partial charge in [0.2, 0.25) is 0 Å². The normalized spacial score (nSPS) is 17.4. The first kappa shape index (κ1) is 15.7. The molecule has 0 radical (unpaired) electrons. The van der Waals surface area contributed by atoms with Gasteiger partial charge in [-0.2, -0.15) is 0 Å². The van der Waals surface area contributed by atoms with Crippen molar-refractivity contribution >= 4 is 11.7 Å². The summed E-state index contributed by atoms with van der Waals surface area (Å²) in [6.07, 6.45) is 3.32. The van der Waals surface area contributed by atoms with E-state index in [-0.39, 0.29) is 12.1 Å². The van der Waals surface area contributed by atoms with E-state index in [1.807, 2.05) is 36.1 Å². The maximum Gasteiger partial charge on any atom is 0.321 e. The molecular formula is C17H26N2O2. The zero-order valence-corrected chi connectivity index (χ0v) is 13.3. The predicted molar refractivity (Wildman–Crippen MR) is 85.8 cm³/mol. The lowest BCUT2D eigenvalue weighted by atomic mass is 10.00. The molecule has 1 aromatic carbocycles. The fourth-order valence-electron chi connectivity index (χ4n) is 2.38. The Kier molecular flexibility index (Phi) is 5.48. The number of hydrogen-bond donors (Lipinski definition) is 1. The first-order valence-corrected chi connectivity index (χ1v) is 7.91. The fourth-order valence-corrected chi connectivity index (χ4v) is 2.38. The quantitative estimate of drug-likeness (QED) is 0.906. The number of piperidine rings is 1. The average molecular weight is 290 g/mol. The van der Waals surface area contributed by atoms with Crippen LogP contribution in [0.5, 0.6) is 5.75 Å². The summed E-state index contributed by atoms with van der Waals surface area (Å²) in [4.78, 5) is 14.1. The van der Waals surface area contributed by atoms with E-state index in [0.717, 1.165) is 49.7 Å². The molecule has 21 heavy (non-hydrogen) atoms. The van der Waals surface area contributed by atoms with Crippen molar-refractivity contribution in [2.75, 3.05) is 18.4 Å². The number of carbonyl (C=O) groups excluding carboxylic acids is 1. The Morgan fingerprint density at radius 3 is 2.81 bits per heavy atom. The molecule has 1 aliphatic heterocycles. The van der Waals surface area contributed by atoms with Gasteiger partial charge in [0, 0.05) is 24.8 Å². The molecule has 4 heteroatoms. The van der Waals surface area contributed by atoms with Crippen LogP contribution in [0.1, 0.15) is 40.0 Å². The van der Waals surface area contributed by atoms with Gasteiger partial charge >= 0.3 is 6.03 Å². The lowest BCUT2D eigenvalue weighted by molar-refractivity contribution is 0.186. The first-order valence-electron chi connectivity index (χ1n) is 7.91. The lowest BCUT2D eigenvalue weighted by Gasteiger charge is -2.30. The summed E-state index contributed by atoms with van der Waals surface area (Å²) in [6.45, 7) is 8.06. The standard InChI is InChI=1S/C17H26N2O2/c1-4-14(3)21-16-7-5-6-15(12-16)18-17(20)19-10-8-13(2)9-11-19/h5-7,12-14H,4,8-11H2,1-3H3,(H,18,20). The number of carbonyl (C=O) groups is 1. The van der Waals surface area contributed by atoms with Crippen molar-refractivity contribution in [2.24, 2.45) is 5.92 Å². The van der Waals surface area contributed by atoms with Crippen LogP contribution < -0.4 is 10.1 Å². The number of amides is 2. The van der Waals surface area contributed by atoms with Gasteiger partial charge in [0.1, 0.15) is 5.75 Å². The average Bonchev–Trinajstić information content (AvgIpc) is 2.48. The maximum absolute atomic E-state index is 12.2. The number of nitrogens with one attached hydrogen (secondary N) is 1. The van der Waals surface area contributed by atoms with Crippen molar-refractivity contribution in [1.29, 1.82) is 0 Å². The molecule has 1 heterocycles. The summed E-state index contributed by atoms with van der Waals surface area (Å²) in [5.41, 5.74) is 0.791. The molecule has 0 spiro atoms. The van der Waals surface area contributed by atoms with Crippen LogP contribution in [0.3, 0.4) is 0 Å². The monoisotopic (exact) mass is 290 g/mol. The van der Waals surface area contributed by atoms with Gasteiger partial charge in [-0.15, -0.1) is 0 Å². The topological polar surface area (TPSA) is 41.6 Å². The van der Waals surface area contributed by atoms with E-state index in [2.05, 4.69) is 19.2 Å². The highest BCUT2D eigenvalue weighted by atomic mass is 16.5. The molecule has 116 valence electrons. The van der Waals surface area contributed by atoms with E-state index in [4.69, 9.17) is 4.74 Å². The third kappa shape index (κ3) is 4.66. The maximum atomic E-state index is 12.2. The highest BCUT2D eigenvalue weighted by Crippen LogP contribution is 2.21. The molecule has 0 aromatic heterocycles. The van der Waals surface area contributed by atoms with Gasteiger partial charge in [-0.1, -0.05) is 19.9 Å². The van der Waals surface area contributed by atoms with Crippen LogP contribution in [0.2, 0.25) is 0 Å². The van der Waals surface area contributed by atoms with Crippen LogP contribution in [-0.2, 0) is 0 Å². The Balaban J connectivity index is 1.93. The van der Waals surface area contributed by atoms with Crippen LogP contribution in [0, 0.1) is 5.92 Å². The Bertz CT molecular complexity index is 468. The third-order valence-corrected chi connectivity index (χ3v) is 4.07.